The van der Waals surface area contributed by atoms with Crippen LogP contribution >= 0.6 is 23.2 Å². The normalized spacial score (nSPS) is 12.1. The van der Waals surface area contributed by atoms with E-state index in [0.717, 1.165) is 9.87 Å². The lowest BCUT2D eigenvalue weighted by molar-refractivity contribution is 0.336. The van der Waals surface area contributed by atoms with Crippen LogP contribution < -0.4 is 0 Å². The molecule has 1 aromatic heterocycles. The van der Waals surface area contributed by atoms with Crippen LogP contribution in [0.2, 0.25) is 10.0 Å². The Balaban J connectivity index is 1.73. The van der Waals surface area contributed by atoms with Gasteiger partial charge in [0, 0.05) is 28.2 Å². The van der Waals surface area contributed by atoms with Crippen molar-refractivity contribution in [1.29, 1.82) is 0 Å². The predicted octanol–water partition coefficient (Wildman–Crippen LogP) is 5.13. The number of benzene rings is 2. The van der Waals surface area contributed by atoms with Crippen molar-refractivity contribution in [2.75, 3.05) is 7.05 Å². The number of hydrogen-bond acceptors (Lipinski definition) is 5. The molecule has 0 saturated carbocycles. The fourth-order valence-electron chi connectivity index (χ4n) is 2.71. The molecule has 154 valence electrons. The summed E-state index contributed by atoms with van der Waals surface area (Å²) in [4.78, 5) is 4.31. The Morgan fingerprint density at radius 2 is 1.69 bits per heavy atom. The molecule has 0 spiro atoms. The van der Waals surface area contributed by atoms with E-state index in [1.165, 1.54) is 12.6 Å². The molecule has 0 bridgehead atoms. The van der Waals surface area contributed by atoms with Crippen LogP contribution in [0.5, 0.6) is 0 Å². The van der Waals surface area contributed by atoms with Gasteiger partial charge < -0.3 is 4.52 Å². The van der Waals surface area contributed by atoms with Gasteiger partial charge in [0.15, 0.2) is 0 Å². The molecule has 0 aliphatic rings. The van der Waals surface area contributed by atoms with Crippen LogP contribution in [0.1, 0.15) is 36.8 Å². The number of halogens is 2. The van der Waals surface area contributed by atoms with Crippen molar-refractivity contribution in [2.24, 2.45) is 0 Å². The second-order valence-corrected chi connectivity index (χ2v) is 9.89. The smallest absolute Gasteiger partial charge is 0.242 e. The van der Waals surface area contributed by atoms with Gasteiger partial charge >= 0.3 is 0 Å². The molecule has 0 aliphatic heterocycles. The van der Waals surface area contributed by atoms with Crippen molar-refractivity contribution in [3.05, 3.63) is 69.5 Å². The Morgan fingerprint density at radius 1 is 1.07 bits per heavy atom. The van der Waals surface area contributed by atoms with Crippen molar-refractivity contribution >= 4 is 33.2 Å². The van der Waals surface area contributed by atoms with Crippen molar-refractivity contribution in [1.82, 2.24) is 14.4 Å². The molecule has 0 amide bonds. The third-order valence-electron chi connectivity index (χ3n) is 4.52. The Hall–Kier alpha value is -1.93. The average molecular weight is 454 g/mol. The SMILES string of the molecule is CC(C)c1ccc(-c2noc(CN(C)S(=O)(=O)Cc3c(Cl)cccc3Cl)n2)cc1. The van der Waals surface area contributed by atoms with Crippen molar-refractivity contribution < 1.29 is 12.9 Å². The van der Waals surface area contributed by atoms with Gasteiger partial charge in [-0.2, -0.15) is 9.29 Å². The largest absolute Gasteiger partial charge is 0.338 e. The van der Waals surface area contributed by atoms with E-state index in [2.05, 4.69) is 24.0 Å². The van der Waals surface area contributed by atoms with Gasteiger partial charge in [0.1, 0.15) is 0 Å². The Labute approximate surface area is 180 Å². The summed E-state index contributed by atoms with van der Waals surface area (Å²) in [5.74, 6) is 0.717. The lowest BCUT2D eigenvalue weighted by Crippen LogP contribution is -2.28. The quantitative estimate of drug-likeness (QED) is 0.495. The van der Waals surface area contributed by atoms with Crippen LogP contribution in [0.25, 0.3) is 11.4 Å². The molecule has 1 heterocycles. The number of sulfonamides is 1. The number of rotatable bonds is 7. The molecule has 29 heavy (non-hydrogen) atoms. The van der Waals surface area contributed by atoms with Gasteiger partial charge in [-0.1, -0.05) is 72.5 Å². The molecular weight excluding hydrogens is 433 g/mol. The topological polar surface area (TPSA) is 76.3 Å². The number of nitrogens with zero attached hydrogens (tertiary/aromatic N) is 3. The fraction of sp³-hybridized carbons (Fsp3) is 0.300. The molecule has 9 heteroatoms. The van der Waals surface area contributed by atoms with E-state index in [1.807, 2.05) is 24.3 Å². The summed E-state index contributed by atoms with van der Waals surface area (Å²) >= 11 is 12.2. The molecule has 3 rings (SSSR count). The summed E-state index contributed by atoms with van der Waals surface area (Å²) in [6.45, 7) is 4.18. The lowest BCUT2D eigenvalue weighted by atomic mass is 10.0. The van der Waals surface area contributed by atoms with Gasteiger partial charge in [-0.05, 0) is 23.6 Å². The lowest BCUT2D eigenvalue weighted by Gasteiger charge is -2.16. The molecule has 0 aliphatic carbocycles. The van der Waals surface area contributed by atoms with Crippen LogP contribution in [0, 0.1) is 0 Å². The maximum atomic E-state index is 12.7. The van der Waals surface area contributed by atoms with Crippen molar-refractivity contribution in [3.63, 3.8) is 0 Å². The molecule has 0 saturated heterocycles. The van der Waals surface area contributed by atoms with Gasteiger partial charge in [-0.25, -0.2) is 8.42 Å². The minimum Gasteiger partial charge on any atom is -0.338 e. The van der Waals surface area contributed by atoms with Crippen molar-refractivity contribution in [3.8, 4) is 11.4 Å². The zero-order valence-corrected chi connectivity index (χ0v) is 18.6. The molecule has 2 aromatic carbocycles. The first kappa shape index (κ1) is 21.8. The summed E-state index contributed by atoms with van der Waals surface area (Å²) in [5, 5.41) is 4.57. The third-order valence-corrected chi connectivity index (χ3v) is 6.97. The van der Waals surface area contributed by atoms with Gasteiger partial charge in [-0.15, -0.1) is 0 Å². The molecule has 0 N–H and O–H groups in total. The Kier molecular flexibility index (Phi) is 6.63. The van der Waals surface area contributed by atoms with E-state index in [0.29, 0.717) is 27.4 Å². The van der Waals surface area contributed by atoms with Crippen molar-refractivity contribution in [2.45, 2.75) is 32.1 Å². The third kappa shape index (κ3) is 5.17. The minimum absolute atomic E-state index is 0.0541. The second kappa shape index (κ2) is 8.83. The highest BCUT2D eigenvalue weighted by Crippen LogP contribution is 2.27. The van der Waals surface area contributed by atoms with Crippen LogP contribution in [-0.2, 0) is 22.3 Å². The highest BCUT2D eigenvalue weighted by Gasteiger charge is 2.24. The highest BCUT2D eigenvalue weighted by molar-refractivity contribution is 7.88. The molecular formula is C20H21Cl2N3O3S. The van der Waals surface area contributed by atoms with E-state index in [-0.39, 0.29) is 18.2 Å². The predicted molar refractivity (Wildman–Crippen MR) is 114 cm³/mol. The van der Waals surface area contributed by atoms with Crippen LogP contribution in [0.3, 0.4) is 0 Å². The summed E-state index contributed by atoms with van der Waals surface area (Å²) in [6, 6.07) is 12.7. The molecule has 0 unspecified atom stereocenters. The van der Waals surface area contributed by atoms with Gasteiger partial charge in [0.2, 0.25) is 21.7 Å². The van der Waals surface area contributed by atoms with Gasteiger partial charge in [0.25, 0.3) is 0 Å². The van der Waals surface area contributed by atoms with E-state index in [1.54, 1.807) is 18.2 Å². The zero-order chi connectivity index (χ0) is 21.2. The maximum absolute atomic E-state index is 12.7. The van der Waals surface area contributed by atoms with E-state index in [9.17, 15) is 8.42 Å². The standard InChI is InChI=1S/C20H21Cl2N3O3S/c1-13(2)14-7-9-15(10-8-14)20-23-19(28-24-20)11-25(3)29(26,27)12-16-17(21)5-4-6-18(16)22/h4-10,13H,11-12H2,1-3H3. The van der Waals surface area contributed by atoms with E-state index in [4.69, 9.17) is 27.7 Å². The first-order valence-corrected chi connectivity index (χ1v) is 11.3. The van der Waals surface area contributed by atoms with E-state index >= 15 is 0 Å². The molecule has 0 radical (unpaired) electrons. The fourth-order valence-corrected chi connectivity index (χ4v) is 4.60. The highest BCUT2D eigenvalue weighted by atomic mass is 35.5. The number of aromatic nitrogens is 2. The first-order chi connectivity index (χ1) is 13.7. The van der Waals surface area contributed by atoms with Crippen LogP contribution in [0.4, 0.5) is 0 Å². The minimum atomic E-state index is -3.69. The van der Waals surface area contributed by atoms with Gasteiger partial charge in [0.05, 0.1) is 12.3 Å². The monoisotopic (exact) mass is 453 g/mol. The summed E-state index contributed by atoms with van der Waals surface area (Å²) < 4.78 is 31.8. The van der Waals surface area contributed by atoms with Crippen LogP contribution in [0.15, 0.2) is 47.0 Å². The maximum Gasteiger partial charge on any atom is 0.242 e. The Bertz CT molecular complexity index is 1080. The summed E-state index contributed by atoms with van der Waals surface area (Å²) in [6.07, 6.45) is 0. The second-order valence-electron chi connectivity index (χ2n) is 7.00. The number of hydrogen-bond donors (Lipinski definition) is 0. The molecule has 0 atom stereocenters. The Morgan fingerprint density at radius 3 is 2.28 bits per heavy atom. The first-order valence-electron chi connectivity index (χ1n) is 8.97. The summed E-state index contributed by atoms with van der Waals surface area (Å²) in [7, 11) is -2.24. The average Bonchev–Trinajstić information content (AvgIpc) is 3.13. The van der Waals surface area contributed by atoms with Gasteiger partial charge in [-0.3, -0.25) is 0 Å². The molecule has 0 fully saturated rings. The van der Waals surface area contributed by atoms with E-state index < -0.39 is 10.0 Å². The molecule has 6 nitrogen and oxygen atoms in total. The zero-order valence-electron chi connectivity index (χ0n) is 16.3. The molecule has 3 aromatic rings. The van der Waals surface area contributed by atoms with Crippen LogP contribution in [-0.4, -0.2) is 29.9 Å². The summed E-state index contributed by atoms with van der Waals surface area (Å²) in [5.41, 5.74) is 2.37.